The Kier molecular flexibility index (Phi) is 4.44. The highest BCUT2D eigenvalue weighted by Gasteiger charge is 2.09. The maximum atomic E-state index is 13.2. The number of aromatic nitrogens is 2. The zero-order valence-electron chi connectivity index (χ0n) is 11.1. The van der Waals surface area contributed by atoms with Crippen LogP contribution in [-0.2, 0) is 6.42 Å². The zero-order chi connectivity index (χ0) is 13.8. The Morgan fingerprint density at radius 2 is 2.21 bits per heavy atom. The summed E-state index contributed by atoms with van der Waals surface area (Å²) in [4.78, 5) is 6.44. The number of likely N-dealkylation sites (N-methyl/N-ethyl adjacent to an activating group) is 1. The van der Waals surface area contributed by atoms with Gasteiger partial charge in [-0.15, -0.1) is 0 Å². The molecule has 2 N–H and O–H groups in total. The van der Waals surface area contributed by atoms with Crippen LogP contribution in [0.25, 0.3) is 0 Å². The SMILES string of the molecule is Cc1cc(Cc2nsc(N(C)CCN)n2)ccc1F. The molecule has 0 amide bonds. The molecule has 0 spiro atoms. The average molecular weight is 280 g/mol. The first-order chi connectivity index (χ1) is 9.10. The van der Waals surface area contributed by atoms with Crippen LogP contribution in [0.2, 0.25) is 0 Å². The van der Waals surface area contributed by atoms with Crippen molar-refractivity contribution in [2.24, 2.45) is 5.73 Å². The van der Waals surface area contributed by atoms with Crippen molar-refractivity contribution >= 4 is 16.7 Å². The van der Waals surface area contributed by atoms with E-state index in [1.807, 2.05) is 18.0 Å². The first kappa shape index (κ1) is 13.9. The molecule has 6 heteroatoms. The second-order valence-corrected chi connectivity index (χ2v) is 5.19. The topological polar surface area (TPSA) is 55.0 Å². The summed E-state index contributed by atoms with van der Waals surface area (Å²) < 4.78 is 17.5. The van der Waals surface area contributed by atoms with Crippen LogP contribution in [0.1, 0.15) is 17.0 Å². The number of hydrogen-bond acceptors (Lipinski definition) is 5. The monoisotopic (exact) mass is 280 g/mol. The molecule has 0 radical (unpaired) electrons. The molecule has 1 heterocycles. The van der Waals surface area contributed by atoms with E-state index in [2.05, 4.69) is 9.36 Å². The van der Waals surface area contributed by atoms with E-state index in [0.717, 1.165) is 23.1 Å². The van der Waals surface area contributed by atoms with Crippen LogP contribution in [0.3, 0.4) is 0 Å². The van der Waals surface area contributed by atoms with Crippen molar-refractivity contribution in [1.29, 1.82) is 0 Å². The Morgan fingerprint density at radius 1 is 1.42 bits per heavy atom. The van der Waals surface area contributed by atoms with Gasteiger partial charge in [0.15, 0.2) is 0 Å². The average Bonchev–Trinajstić information content (AvgIpc) is 2.83. The lowest BCUT2D eigenvalue weighted by molar-refractivity contribution is 0.617. The second kappa shape index (κ2) is 6.08. The van der Waals surface area contributed by atoms with E-state index in [-0.39, 0.29) is 5.82 Å². The van der Waals surface area contributed by atoms with Crippen molar-refractivity contribution < 1.29 is 4.39 Å². The Balaban J connectivity index is 2.09. The Morgan fingerprint density at radius 3 is 2.89 bits per heavy atom. The summed E-state index contributed by atoms with van der Waals surface area (Å²) >= 11 is 1.36. The van der Waals surface area contributed by atoms with E-state index in [9.17, 15) is 4.39 Å². The number of hydrogen-bond donors (Lipinski definition) is 1. The quantitative estimate of drug-likeness (QED) is 0.910. The molecule has 1 aromatic carbocycles. The van der Waals surface area contributed by atoms with Crippen LogP contribution in [-0.4, -0.2) is 29.5 Å². The molecule has 0 bridgehead atoms. The van der Waals surface area contributed by atoms with E-state index < -0.39 is 0 Å². The minimum absolute atomic E-state index is 0.182. The zero-order valence-corrected chi connectivity index (χ0v) is 11.9. The smallest absolute Gasteiger partial charge is 0.204 e. The third kappa shape index (κ3) is 3.48. The molecule has 0 unspecified atom stereocenters. The fourth-order valence-electron chi connectivity index (χ4n) is 1.76. The highest BCUT2D eigenvalue weighted by molar-refractivity contribution is 7.09. The molecular formula is C13H17FN4S. The Hall–Kier alpha value is -1.53. The van der Waals surface area contributed by atoms with Crippen LogP contribution in [0.4, 0.5) is 9.52 Å². The third-order valence-electron chi connectivity index (χ3n) is 2.83. The predicted octanol–water partition coefficient (Wildman–Crippen LogP) is 1.97. The predicted molar refractivity (Wildman–Crippen MR) is 76.2 cm³/mol. The largest absolute Gasteiger partial charge is 0.349 e. The summed E-state index contributed by atoms with van der Waals surface area (Å²) in [7, 11) is 1.94. The standard InChI is InChI=1S/C13H17FN4S/c1-9-7-10(3-4-11(9)14)8-12-16-13(19-17-12)18(2)6-5-15/h3-4,7H,5-6,8,15H2,1-2H3. The summed E-state index contributed by atoms with van der Waals surface area (Å²) in [5, 5.41) is 0.860. The molecule has 0 aliphatic carbocycles. The molecule has 0 aliphatic rings. The Bertz CT molecular complexity index is 555. The molecule has 0 atom stereocenters. The first-order valence-electron chi connectivity index (χ1n) is 6.09. The summed E-state index contributed by atoms with van der Waals surface area (Å²) in [5.74, 6) is 0.577. The van der Waals surface area contributed by atoms with Crippen LogP contribution < -0.4 is 10.6 Å². The number of nitrogens with two attached hydrogens (primary N) is 1. The lowest BCUT2D eigenvalue weighted by Crippen LogP contribution is -2.24. The number of benzene rings is 1. The molecule has 4 nitrogen and oxygen atoms in total. The summed E-state index contributed by atoms with van der Waals surface area (Å²) in [6, 6.07) is 5.09. The lowest BCUT2D eigenvalue weighted by atomic mass is 10.1. The molecule has 0 saturated carbocycles. The van der Waals surface area contributed by atoms with Gasteiger partial charge in [0.25, 0.3) is 0 Å². The van der Waals surface area contributed by atoms with E-state index in [0.29, 0.717) is 18.5 Å². The van der Waals surface area contributed by atoms with Gasteiger partial charge >= 0.3 is 0 Å². The molecule has 0 fully saturated rings. The van der Waals surface area contributed by atoms with Crippen molar-refractivity contribution in [3.05, 3.63) is 41.0 Å². The van der Waals surface area contributed by atoms with Crippen LogP contribution >= 0.6 is 11.5 Å². The molecule has 19 heavy (non-hydrogen) atoms. The van der Waals surface area contributed by atoms with Gasteiger partial charge in [-0.2, -0.15) is 4.37 Å². The van der Waals surface area contributed by atoms with Gasteiger partial charge in [0, 0.05) is 38.1 Å². The molecule has 102 valence electrons. The summed E-state index contributed by atoms with van der Waals surface area (Å²) in [6.07, 6.45) is 0.619. The number of rotatable bonds is 5. The van der Waals surface area contributed by atoms with Crippen LogP contribution in [0.5, 0.6) is 0 Å². The summed E-state index contributed by atoms with van der Waals surface area (Å²) in [5.41, 5.74) is 7.17. The van der Waals surface area contributed by atoms with E-state index >= 15 is 0 Å². The fraction of sp³-hybridized carbons (Fsp3) is 0.385. The van der Waals surface area contributed by atoms with E-state index in [4.69, 9.17) is 5.73 Å². The molecule has 0 saturated heterocycles. The minimum atomic E-state index is -0.182. The third-order valence-corrected chi connectivity index (χ3v) is 3.70. The van der Waals surface area contributed by atoms with Gasteiger partial charge in [-0.25, -0.2) is 9.37 Å². The van der Waals surface area contributed by atoms with E-state index in [1.165, 1.54) is 17.6 Å². The van der Waals surface area contributed by atoms with Gasteiger partial charge in [-0.3, -0.25) is 0 Å². The van der Waals surface area contributed by atoms with Gasteiger partial charge < -0.3 is 10.6 Å². The van der Waals surface area contributed by atoms with Crippen molar-refractivity contribution in [3.8, 4) is 0 Å². The molecule has 2 aromatic rings. The fourth-order valence-corrected chi connectivity index (χ4v) is 2.43. The molecular weight excluding hydrogens is 263 g/mol. The van der Waals surface area contributed by atoms with Gasteiger partial charge in [0.1, 0.15) is 11.6 Å². The van der Waals surface area contributed by atoms with Gasteiger partial charge in [-0.1, -0.05) is 12.1 Å². The first-order valence-corrected chi connectivity index (χ1v) is 6.86. The van der Waals surface area contributed by atoms with Crippen molar-refractivity contribution in [2.45, 2.75) is 13.3 Å². The minimum Gasteiger partial charge on any atom is -0.349 e. The number of halogens is 1. The Labute approximate surface area is 116 Å². The number of anilines is 1. The number of aryl methyl sites for hydroxylation is 1. The maximum Gasteiger partial charge on any atom is 0.204 e. The van der Waals surface area contributed by atoms with Crippen LogP contribution in [0.15, 0.2) is 18.2 Å². The molecule has 0 aliphatic heterocycles. The molecule has 2 rings (SSSR count). The van der Waals surface area contributed by atoms with Crippen molar-refractivity contribution in [1.82, 2.24) is 9.36 Å². The van der Waals surface area contributed by atoms with Crippen LogP contribution in [0, 0.1) is 12.7 Å². The van der Waals surface area contributed by atoms with Gasteiger partial charge in [0.05, 0.1) is 0 Å². The highest BCUT2D eigenvalue weighted by Crippen LogP contribution is 2.18. The van der Waals surface area contributed by atoms with Gasteiger partial charge in [-0.05, 0) is 24.1 Å². The maximum absolute atomic E-state index is 13.2. The molecule has 1 aromatic heterocycles. The van der Waals surface area contributed by atoms with Gasteiger partial charge in [0.2, 0.25) is 5.13 Å². The number of nitrogens with zero attached hydrogens (tertiary/aromatic N) is 3. The normalized spacial score (nSPS) is 10.7. The van der Waals surface area contributed by atoms with Crippen molar-refractivity contribution in [3.63, 3.8) is 0 Å². The van der Waals surface area contributed by atoms with E-state index in [1.54, 1.807) is 13.0 Å². The highest BCUT2D eigenvalue weighted by atomic mass is 32.1. The second-order valence-electron chi connectivity index (χ2n) is 4.46. The summed E-state index contributed by atoms with van der Waals surface area (Å²) in [6.45, 7) is 3.10. The van der Waals surface area contributed by atoms with Crippen molar-refractivity contribution in [2.75, 3.05) is 25.0 Å². The lowest BCUT2D eigenvalue weighted by Gasteiger charge is -2.12.